The van der Waals surface area contributed by atoms with Crippen LogP contribution in [0.25, 0.3) is 0 Å². The van der Waals surface area contributed by atoms with Gasteiger partial charge in [-0.15, -0.1) is 11.3 Å². The standard InChI is InChI=1S/C18H15NO3S2/c20-18(15-10-21-13-4-1-2-5-14(13)22-15)19-17(12-7-9-23-11-12)16-6-3-8-24-16/h1-9,11,15,17H,10H2,(H,19,20)/t15-,17+/m0/s1. The van der Waals surface area contributed by atoms with Crippen molar-refractivity contribution >= 4 is 28.6 Å². The van der Waals surface area contributed by atoms with E-state index in [0.29, 0.717) is 11.5 Å². The summed E-state index contributed by atoms with van der Waals surface area (Å²) in [5, 5.41) is 9.17. The number of hydrogen-bond donors (Lipinski definition) is 1. The van der Waals surface area contributed by atoms with E-state index in [1.165, 1.54) is 0 Å². The third-order valence-corrected chi connectivity index (χ3v) is 5.43. The largest absolute Gasteiger partial charge is 0.485 e. The van der Waals surface area contributed by atoms with Crippen LogP contribution in [0.5, 0.6) is 11.5 Å². The van der Waals surface area contributed by atoms with Crippen molar-refractivity contribution in [3.8, 4) is 11.5 Å². The monoisotopic (exact) mass is 357 g/mol. The molecule has 0 saturated heterocycles. The summed E-state index contributed by atoms with van der Waals surface area (Å²) in [5.41, 5.74) is 1.08. The number of hydrogen-bond acceptors (Lipinski definition) is 5. The predicted octanol–water partition coefficient (Wildman–Crippen LogP) is 3.86. The van der Waals surface area contributed by atoms with Gasteiger partial charge in [-0.05, 0) is 46.0 Å². The second-order valence-corrected chi connectivity index (χ2v) is 7.14. The van der Waals surface area contributed by atoms with E-state index in [4.69, 9.17) is 9.47 Å². The number of thiophene rings is 2. The molecule has 1 aliphatic rings. The summed E-state index contributed by atoms with van der Waals surface area (Å²) in [7, 11) is 0. The maximum absolute atomic E-state index is 12.7. The highest BCUT2D eigenvalue weighted by Crippen LogP contribution is 2.32. The minimum absolute atomic E-state index is 0.162. The van der Waals surface area contributed by atoms with Crippen molar-refractivity contribution in [1.82, 2.24) is 5.32 Å². The Hall–Kier alpha value is -2.31. The number of ether oxygens (including phenoxy) is 2. The molecule has 122 valence electrons. The first-order valence-electron chi connectivity index (χ1n) is 7.55. The number of rotatable bonds is 4. The van der Waals surface area contributed by atoms with Crippen LogP contribution in [0.3, 0.4) is 0 Å². The molecule has 0 aliphatic carbocycles. The highest BCUT2D eigenvalue weighted by atomic mass is 32.1. The predicted molar refractivity (Wildman–Crippen MR) is 95.0 cm³/mol. The molecular weight excluding hydrogens is 342 g/mol. The third-order valence-electron chi connectivity index (χ3n) is 3.79. The Kier molecular flexibility index (Phi) is 4.23. The number of nitrogens with one attached hydrogen (secondary N) is 1. The van der Waals surface area contributed by atoms with Crippen LogP contribution in [-0.4, -0.2) is 18.6 Å². The SMILES string of the molecule is O=C(N[C@H](c1ccsc1)c1cccs1)[C@@H]1COc2ccccc2O1. The number of amides is 1. The Morgan fingerprint density at radius 3 is 2.75 bits per heavy atom. The molecule has 24 heavy (non-hydrogen) atoms. The van der Waals surface area contributed by atoms with E-state index < -0.39 is 6.10 Å². The van der Waals surface area contributed by atoms with Crippen LogP contribution in [0.2, 0.25) is 0 Å². The molecule has 2 aromatic heterocycles. The number of carbonyl (C=O) groups is 1. The molecule has 3 heterocycles. The summed E-state index contributed by atoms with van der Waals surface area (Å²) in [5.74, 6) is 1.11. The van der Waals surface area contributed by atoms with Crippen molar-refractivity contribution in [2.24, 2.45) is 0 Å². The van der Waals surface area contributed by atoms with Crippen LogP contribution >= 0.6 is 22.7 Å². The lowest BCUT2D eigenvalue weighted by Crippen LogP contribution is -2.45. The summed E-state index contributed by atoms with van der Waals surface area (Å²) in [6, 6.07) is 13.3. The second-order valence-electron chi connectivity index (χ2n) is 5.38. The summed E-state index contributed by atoms with van der Waals surface area (Å²) in [6.07, 6.45) is -0.652. The third kappa shape index (κ3) is 3.02. The zero-order chi connectivity index (χ0) is 16.4. The molecule has 3 aromatic rings. The molecule has 0 saturated carbocycles. The number of benzene rings is 1. The van der Waals surface area contributed by atoms with E-state index in [1.807, 2.05) is 53.2 Å². The lowest BCUT2D eigenvalue weighted by atomic mass is 10.1. The van der Waals surface area contributed by atoms with Gasteiger partial charge in [0.15, 0.2) is 11.5 Å². The minimum atomic E-state index is -0.652. The van der Waals surface area contributed by atoms with Crippen LogP contribution < -0.4 is 14.8 Å². The van der Waals surface area contributed by atoms with E-state index in [9.17, 15) is 4.79 Å². The van der Waals surface area contributed by atoms with Gasteiger partial charge in [0.1, 0.15) is 6.61 Å². The molecule has 4 nitrogen and oxygen atoms in total. The van der Waals surface area contributed by atoms with Gasteiger partial charge in [0.2, 0.25) is 6.10 Å². The van der Waals surface area contributed by atoms with E-state index >= 15 is 0 Å². The summed E-state index contributed by atoms with van der Waals surface area (Å²) in [4.78, 5) is 13.8. The maximum Gasteiger partial charge on any atom is 0.265 e. The first-order chi connectivity index (χ1) is 11.8. The van der Waals surface area contributed by atoms with Gasteiger partial charge >= 0.3 is 0 Å². The van der Waals surface area contributed by atoms with Crippen molar-refractivity contribution in [3.63, 3.8) is 0 Å². The molecule has 0 radical (unpaired) electrons. The zero-order valence-corrected chi connectivity index (χ0v) is 14.3. The normalized spacial score (nSPS) is 17.2. The Morgan fingerprint density at radius 1 is 1.12 bits per heavy atom. The van der Waals surface area contributed by atoms with Crippen molar-refractivity contribution in [2.45, 2.75) is 12.1 Å². The van der Waals surface area contributed by atoms with E-state index in [0.717, 1.165) is 10.4 Å². The van der Waals surface area contributed by atoms with Crippen LogP contribution in [0, 0.1) is 0 Å². The molecule has 0 bridgehead atoms. The van der Waals surface area contributed by atoms with Crippen molar-refractivity contribution in [3.05, 3.63) is 69.0 Å². The first kappa shape index (κ1) is 15.2. The molecule has 0 fully saturated rings. The number of para-hydroxylation sites is 2. The molecule has 1 amide bonds. The Balaban J connectivity index is 1.52. The minimum Gasteiger partial charge on any atom is -0.485 e. The van der Waals surface area contributed by atoms with Crippen molar-refractivity contribution in [2.75, 3.05) is 6.61 Å². The Labute approximate surface area is 147 Å². The lowest BCUT2D eigenvalue weighted by Gasteiger charge is -2.27. The molecular formula is C18H15NO3S2. The first-order valence-corrected chi connectivity index (χ1v) is 9.38. The smallest absolute Gasteiger partial charge is 0.265 e. The zero-order valence-electron chi connectivity index (χ0n) is 12.7. The molecule has 2 atom stereocenters. The highest BCUT2D eigenvalue weighted by Gasteiger charge is 2.30. The van der Waals surface area contributed by atoms with Crippen molar-refractivity contribution in [1.29, 1.82) is 0 Å². The van der Waals surface area contributed by atoms with Gasteiger partial charge in [0, 0.05) is 4.88 Å². The fraction of sp³-hybridized carbons (Fsp3) is 0.167. The fourth-order valence-electron chi connectivity index (χ4n) is 2.60. The van der Waals surface area contributed by atoms with Gasteiger partial charge in [-0.3, -0.25) is 4.79 Å². The molecule has 0 unspecified atom stereocenters. The lowest BCUT2D eigenvalue weighted by molar-refractivity contribution is -0.130. The Bertz CT molecular complexity index is 780. The van der Waals surface area contributed by atoms with Gasteiger partial charge in [-0.1, -0.05) is 18.2 Å². The number of carbonyl (C=O) groups excluding carboxylic acids is 1. The fourth-order valence-corrected chi connectivity index (χ4v) is 4.09. The maximum atomic E-state index is 12.7. The molecule has 6 heteroatoms. The van der Waals surface area contributed by atoms with E-state index in [2.05, 4.69) is 10.7 Å². The average Bonchev–Trinajstić information content (AvgIpc) is 3.33. The summed E-state index contributed by atoms with van der Waals surface area (Å²) >= 11 is 3.24. The van der Waals surface area contributed by atoms with Crippen LogP contribution in [0.1, 0.15) is 16.5 Å². The summed E-state index contributed by atoms with van der Waals surface area (Å²) < 4.78 is 11.4. The second kappa shape index (κ2) is 6.67. The van der Waals surface area contributed by atoms with Gasteiger partial charge in [-0.25, -0.2) is 0 Å². The van der Waals surface area contributed by atoms with Gasteiger partial charge in [0.05, 0.1) is 6.04 Å². The molecule has 1 N–H and O–H groups in total. The van der Waals surface area contributed by atoms with Crippen LogP contribution in [-0.2, 0) is 4.79 Å². The van der Waals surface area contributed by atoms with E-state index in [-0.39, 0.29) is 18.6 Å². The summed E-state index contributed by atoms with van der Waals surface area (Å²) in [6.45, 7) is 0.212. The quantitative estimate of drug-likeness (QED) is 0.771. The Morgan fingerprint density at radius 2 is 2.00 bits per heavy atom. The number of fused-ring (bicyclic) bond motifs is 1. The van der Waals surface area contributed by atoms with Crippen LogP contribution in [0.4, 0.5) is 0 Å². The van der Waals surface area contributed by atoms with Gasteiger partial charge in [0.25, 0.3) is 5.91 Å². The highest BCUT2D eigenvalue weighted by molar-refractivity contribution is 7.10. The topological polar surface area (TPSA) is 47.6 Å². The van der Waals surface area contributed by atoms with Crippen LogP contribution in [0.15, 0.2) is 58.6 Å². The molecule has 0 spiro atoms. The molecule has 1 aromatic carbocycles. The molecule has 1 aliphatic heterocycles. The molecule has 4 rings (SSSR count). The van der Waals surface area contributed by atoms with Gasteiger partial charge < -0.3 is 14.8 Å². The van der Waals surface area contributed by atoms with Gasteiger partial charge in [-0.2, -0.15) is 11.3 Å². The average molecular weight is 357 g/mol. The van der Waals surface area contributed by atoms with E-state index in [1.54, 1.807) is 22.7 Å². The van der Waals surface area contributed by atoms with Crippen molar-refractivity contribution < 1.29 is 14.3 Å².